The molecule has 1 heterocycles. The van der Waals surface area contributed by atoms with Gasteiger partial charge in [0.05, 0.1) is 36.6 Å². The van der Waals surface area contributed by atoms with Crippen LogP contribution in [-0.4, -0.2) is 13.1 Å². The van der Waals surface area contributed by atoms with Gasteiger partial charge in [0.2, 0.25) is 0 Å². The summed E-state index contributed by atoms with van der Waals surface area (Å²) in [6.45, 7) is 0.575. The molecule has 1 aromatic carbocycles. The zero-order valence-corrected chi connectivity index (χ0v) is 9.97. The number of carbonyl (C=O) groups excluding carboxylic acids is 1. The van der Waals surface area contributed by atoms with Crippen molar-refractivity contribution in [1.82, 2.24) is 0 Å². The Morgan fingerprint density at radius 2 is 2.28 bits per heavy atom. The van der Waals surface area contributed by atoms with E-state index in [0.717, 1.165) is 5.56 Å². The van der Waals surface area contributed by atoms with Gasteiger partial charge in [0.15, 0.2) is 0 Å². The van der Waals surface area contributed by atoms with Gasteiger partial charge in [0.25, 0.3) is 0 Å². The number of nitrogen functional groups attached to an aromatic ring is 1. The molecule has 0 fully saturated rings. The first-order valence-electron chi connectivity index (χ1n) is 5.44. The van der Waals surface area contributed by atoms with Gasteiger partial charge >= 0.3 is 5.97 Å². The summed E-state index contributed by atoms with van der Waals surface area (Å²) in [5.41, 5.74) is 8.34. The zero-order chi connectivity index (χ0) is 13.0. The third-order valence-electron chi connectivity index (χ3n) is 2.57. The van der Waals surface area contributed by atoms with Gasteiger partial charge in [-0.3, -0.25) is 0 Å². The fourth-order valence-corrected chi connectivity index (χ4v) is 1.60. The van der Waals surface area contributed by atoms with Crippen molar-refractivity contribution < 1.29 is 13.9 Å². The molecule has 0 amide bonds. The highest BCUT2D eigenvalue weighted by atomic mass is 16.5. The van der Waals surface area contributed by atoms with Crippen LogP contribution in [0.1, 0.15) is 15.9 Å². The van der Waals surface area contributed by atoms with Crippen molar-refractivity contribution in [2.45, 2.75) is 6.54 Å². The maximum Gasteiger partial charge on any atom is 0.340 e. The maximum absolute atomic E-state index is 11.5. The Kier molecular flexibility index (Phi) is 3.52. The molecule has 0 aliphatic carbocycles. The number of benzene rings is 1. The minimum atomic E-state index is -0.445. The number of nitrogens with one attached hydrogen (secondary N) is 1. The Morgan fingerprint density at radius 1 is 1.44 bits per heavy atom. The number of esters is 1. The molecule has 0 saturated carbocycles. The van der Waals surface area contributed by atoms with Crippen molar-refractivity contribution in [3.8, 4) is 0 Å². The van der Waals surface area contributed by atoms with Crippen LogP contribution in [0.15, 0.2) is 41.2 Å². The van der Waals surface area contributed by atoms with Crippen LogP contribution in [-0.2, 0) is 11.3 Å². The van der Waals surface area contributed by atoms with Gasteiger partial charge in [-0.25, -0.2) is 4.79 Å². The number of carbonyl (C=O) groups is 1. The van der Waals surface area contributed by atoms with E-state index in [-0.39, 0.29) is 0 Å². The predicted octanol–water partition coefficient (Wildman–Crippen LogP) is 2.26. The quantitative estimate of drug-likeness (QED) is 0.639. The lowest BCUT2D eigenvalue weighted by molar-refractivity contribution is 0.0602. The average Bonchev–Trinajstić information content (AvgIpc) is 2.90. The van der Waals surface area contributed by atoms with Crippen LogP contribution < -0.4 is 11.1 Å². The molecule has 0 radical (unpaired) electrons. The van der Waals surface area contributed by atoms with E-state index in [0.29, 0.717) is 23.5 Å². The van der Waals surface area contributed by atoms with Crippen molar-refractivity contribution in [2.75, 3.05) is 18.2 Å². The molecule has 0 saturated heterocycles. The summed E-state index contributed by atoms with van der Waals surface area (Å²) < 4.78 is 9.63. The van der Waals surface area contributed by atoms with Crippen LogP contribution in [0.4, 0.5) is 11.4 Å². The van der Waals surface area contributed by atoms with E-state index in [9.17, 15) is 4.79 Å². The molecular weight excluding hydrogens is 232 g/mol. The summed E-state index contributed by atoms with van der Waals surface area (Å²) in [6.07, 6.45) is 3.25. The summed E-state index contributed by atoms with van der Waals surface area (Å²) in [4.78, 5) is 11.5. The molecule has 94 valence electrons. The second kappa shape index (κ2) is 5.27. The first-order valence-corrected chi connectivity index (χ1v) is 5.44. The third-order valence-corrected chi connectivity index (χ3v) is 2.57. The molecule has 0 unspecified atom stereocenters. The van der Waals surface area contributed by atoms with E-state index >= 15 is 0 Å². The molecular formula is C13H14N2O3. The van der Waals surface area contributed by atoms with Gasteiger partial charge in [-0.05, 0) is 18.2 Å². The number of rotatable bonds is 4. The van der Waals surface area contributed by atoms with E-state index in [1.54, 1.807) is 24.7 Å². The topological polar surface area (TPSA) is 77.5 Å². The molecule has 0 aliphatic heterocycles. The number of ether oxygens (including phenoxy) is 1. The molecule has 1 aromatic heterocycles. The summed E-state index contributed by atoms with van der Waals surface area (Å²) in [5.74, 6) is -0.445. The fraction of sp³-hybridized carbons (Fsp3) is 0.154. The number of hydrogen-bond acceptors (Lipinski definition) is 5. The molecule has 0 bridgehead atoms. The Labute approximate surface area is 105 Å². The minimum Gasteiger partial charge on any atom is -0.472 e. The van der Waals surface area contributed by atoms with Crippen molar-refractivity contribution in [2.24, 2.45) is 0 Å². The lowest BCUT2D eigenvalue weighted by atomic mass is 10.1. The number of nitrogens with two attached hydrogens (primary N) is 1. The normalized spacial score (nSPS) is 10.1. The van der Waals surface area contributed by atoms with Crippen molar-refractivity contribution in [1.29, 1.82) is 0 Å². The molecule has 3 N–H and O–H groups in total. The second-order valence-corrected chi connectivity index (χ2v) is 3.74. The highest BCUT2D eigenvalue weighted by Gasteiger charge is 2.12. The lowest BCUT2D eigenvalue weighted by Gasteiger charge is -2.11. The Hall–Kier alpha value is -2.43. The number of hydrogen-bond donors (Lipinski definition) is 2. The lowest BCUT2D eigenvalue weighted by Crippen LogP contribution is -2.09. The number of anilines is 2. The minimum absolute atomic E-state index is 0.356. The molecule has 0 atom stereocenters. The highest BCUT2D eigenvalue weighted by Crippen LogP contribution is 2.23. The SMILES string of the molecule is COC(=O)c1cccc(NCc2ccoc2)c1N. The molecule has 2 rings (SSSR count). The van der Waals surface area contributed by atoms with Crippen LogP contribution in [0.2, 0.25) is 0 Å². The standard InChI is InChI=1S/C13H14N2O3/c1-17-13(16)10-3-2-4-11(12(10)14)15-7-9-5-6-18-8-9/h2-6,8,15H,7,14H2,1H3. The summed E-state index contributed by atoms with van der Waals surface area (Å²) in [6, 6.07) is 7.04. The first-order chi connectivity index (χ1) is 8.72. The summed E-state index contributed by atoms with van der Waals surface area (Å²) in [7, 11) is 1.33. The van der Waals surface area contributed by atoms with Crippen LogP contribution in [0.25, 0.3) is 0 Å². The number of para-hydroxylation sites is 1. The molecule has 2 aromatic rings. The van der Waals surface area contributed by atoms with Gasteiger partial charge in [-0.2, -0.15) is 0 Å². The van der Waals surface area contributed by atoms with E-state index in [4.69, 9.17) is 10.2 Å². The fourth-order valence-electron chi connectivity index (χ4n) is 1.60. The number of methoxy groups -OCH3 is 1. The second-order valence-electron chi connectivity index (χ2n) is 3.74. The monoisotopic (exact) mass is 246 g/mol. The van der Waals surface area contributed by atoms with Gasteiger partial charge in [-0.15, -0.1) is 0 Å². The predicted molar refractivity (Wildman–Crippen MR) is 68.2 cm³/mol. The van der Waals surface area contributed by atoms with Gasteiger partial charge in [-0.1, -0.05) is 6.07 Å². The van der Waals surface area contributed by atoms with Crippen LogP contribution in [0.3, 0.4) is 0 Å². The highest BCUT2D eigenvalue weighted by molar-refractivity contribution is 5.98. The molecule has 0 aliphatic rings. The maximum atomic E-state index is 11.5. The average molecular weight is 246 g/mol. The van der Waals surface area contributed by atoms with Crippen LogP contribution >= 0.6 is 0 Å². The van der Waals surface area contributed by atoms with E-state index in [1.807, 2.05) is 12.1 Å². The zero-order valence-electron chi connectivity index (χ0n) is 9.97. The van der Waals surface area contributed by atoms with Crippen molar-refractivity contribution in [3.63, 3.8) is 0 Å². The Balaban J connectivity index is 2.16. The molecule has 5 heteroatoms. The van der Waals surface area contributed by atoms with E-state index in [2.05, 4.69) is 10.1 Å². The molecule has 18 heavy (non-hydrogen) atoms. The Bertz CT molecular complexity index is 535. The smallest absolute Gasteiger partial charge is 0.340 e. The van der Waals surface area contributed by atoms with Gasteiger partial charge in [0.1, 0.15) is 0 Å². The van der Waals surface area contributed by atoms with Gasteiger partial charge < -0.3 is 20.2 Å². The van der Waals surface area contributed by atoms with Crippen LogP contribution in [0, 0.1) is 0 Å². The Morgan fingerprint density at radius 3 is 2.94 bits per heavy atom. The molecule has 5 nitrogen and oxygen atoms in total. The summed E-state index contributed by atoms with van der Waals surface area (Å²) in [5, 5.41) is 3.14. The number of furan rings is 1. The van der Waals surface area contributed by atoms with Gasteiger partial charge in [0, 0.05) is 12.1 Å². The summed E-state index contributed by atoms with van der Waals surface area (Å²) >= 11 is 0. The first kappa shape index (κ1) is 12.0. The molecule has 0 spiro atoms. The van der Waals surface area contributed by atoms with Crippen molar-refractivity contribution in [3.05, 3.63) is 47.9 Å². The largest absolute Gasteiger partial charge is 0.472 e. The van der Waals surface area contributed by atoms with Crippen molar-refractivity contribution >= 4 is 17.3 Å². The van der Waals surface area contributed by atoms with E-state index in [1.165, 1.54) is 7.11 Å². The van der Waals surface area contributed by atoms with E-state index < -0.39 is 5.97 Å². The van der Waals surface area contributed by atoms with Crippen LogP contribution in [0.5, 0.6) is 0 Å². The third kappa shape index (κ3) is 2.45.